The average molecular weight is 243 g/mol. The maximum Gasteiger partial charge on any atom is 0.129 e. The summed E-state index contributed by atoms with van der Waals surface area (Å²) in [5.74, 6) is 1.02. The Bertz CT molecular complexity index is 577. The number of anilines is 2. The lowest BCUT2D eigenvalue weighted by molar-refractivity contribution is 0.122. The lowest BCUT2D eigenvalue weighted by atomic mass is 10.1. The van der Waals surface area contributed by atoms with Gasteiger partial charge in [0.25, 0.3) is 0 Å². The number of aryl methyl sites for hydroxylation is 1. The third-order valence-electron chi connectivity index (χ3n) is 3.36. The fourth-order valence-electron chi connectivity index (χ4n) is 2.36. The molecule has 0 radical (unpaired) electrons. The zero-order chi connectivity index (χ0) is 12.5. The number of ether oxygens (including phenoxy) is 1. The van der Waals surface area contributed by atoms with Gasteiger partial charge in [-0.25, -0.2) is 4.98 Å². The smallest absolute Gasteiger partial charge is 0.129 e. The van der Waals surface area contributed by atoms with E-state index in [4.69, 9.17) is 15.5 Å². The van der Waals surface area contributed by atoms with Gasteiger partial charge in [0.2, 0.25) is 0 Å². The summed E-state index contributed by atoms with van der Waals surface area (Å²) in [6.45, 7) is 5.47. The lowest BCUT2D eigenvalue weighted by Gasteiger charge is -2.28. The Kier molecular flexibility index (Phi) is 2.80. The molecule has 4 heteroatoms. The Balaban J connectivity index is 2.07. The fraction of sp³-hybridized carbons (Fsp3) is 0.357. The summed E-state index contributed by atoms with van der Waals surface area (Å²) >= 11 is 0. The number of hydrogen-bond acceptors (Lipinski definition) is 4. The van der Waals surface area contributed by atoms with E-state index >= 15 is 0 Å². The van der Waals surface area contributed by atoms with E-state index in [2.05, 4.69) is 17.9 Å². The van der Waals surface area contributed by atoms with E-state index in [1.54, 1.807) is 0 Å². The maximum absolute atomic E-state index is 5.83. The number of aromatic nitrogens is 1. The van der Waals surface area contributed by atoms with Crippen LogP contribution < -0.4 is 10.6 Å². The van der Waals surface area contributed by atoms with Crippen LogP contribution in [0.5, 0.6) is 0 Å². The Hall–Kier alpha value is -1.81. The van der Waals surface area contributed by atoms with Crippen LogP contribution in [-0.4, -0.2) is 31.3 Å². The molecular weight excluding hydrogens is 226 g/mol. The number of fused-ring (bicyclic) bond motifs is 1. The van der Waals surface area contributed by atoms with Gasteiger partial charge < -0.3 is 15.4 Å². The molecule has 1 aliphatic heterocycles. The molecule has 0 bridgehead atoms. The predicted molar refractivity (Wildman–Crippen MR) is 73.9 cm³/mol. The van der Waals surface area contributed by atoms with Gasteiger partial charge in [-0.2, -0.15) is 0 Å². The quantitative estimate of drug-likeness (QED) is 0.778. The van der Waals surface area contributed by atoms with Crippen molar-refractivity contribution in [3.05, 3.63) is 29.8 Å². The number of benzene rings is 1. The molecule has 3 rings (SSSR count). The minimum absolute atomic E-state index is 0.758. The second-order valence-corrected chi connectivity index (χ2v) is 4.67. The van der Waals surface area contributed by atoms with Gasteiger partial charge in [-0.1, -0.05) is 6.07 Å². The van der Waals surface area contributed by atoms with E-state index < -0.39 is 0 Å². The van der Waals surface area contributed by atoms with Crippen molar-refractivity contribution in [1.29, 1.82) is 0 Å². The van der Waals surface area contributed by atoms with Gasteiger partial charge in [-0.15, -0.1) is 0 Å². The van der Waals surface area contributed by atoms with Crippen LogP contribution in [-0.2, 0) is 4.74 Å². The minimum atomic E-state index is 0.758. The van der Waals surface area contributed by atoms with Gasteiger partial charge in [0.15, 0.2) is 0 Å². The van der Waals surface area contributed by atoms with Gasteiger partial charge in [0.1, 0.15) is 5.82 Å². The van der Waals surface area contributed by atoms with E-state index in [0.717, 1.165) is 43.3 Å². The van der Waals surface area contributed by atoms with Gasteiger partial charge in [0.05, 0.1) is 18.7 Å². The largest absolute Gasteiger partial charge is 0.399 e. The molecule has 0 spiro atoms. The molecule has 94 valence electrons. The molecule has 1 aromatic carbocycles. The first-order valence-electron chi connectivity index (χ1n) is 6.23. The molecule has 2 heterocycles. The van der Waals surface area contributed by atoms with Crippen molar-refractivity contribution in [3.63, 3.8) is 0 Å². The van der Waals surface area contributed by atoms with E-state index in [-0.39, 0.29) is 0 Å². The van der Waals surface area contributed by atoms with Crippen molar-refractivity contribution in [2.45, 2.75) is 6.92 Å². The minimum Gasteiger partial charge on any atom is -0.399 e. The molecule has 1 aliphatic rings. The highest BCUT2D eigenvalue weighted by Gasteiger charge is 2.13. The number of pyridine rings is 1. The zero-order valence-corrected chi connectivity index (χ0v) is 10.5. The maximum atomic E-state index is 5.83. The molecule has 1 fully saturated rings. The Morgan fingerprint density at radius 3 is 2.78 bits per heavy atom. The van der Waals surface area contributed by atoms with Gasteiger partial charge in [-0.3, -0.25) is 0 Å². The van der Waals surface area contributed by atoms with Gasteiger partial charge in [-0.05, 0) is 30.7 Å². The summed E-state index contributed by atoms with van der Waals surface area (Å²) in [5, 5.41) is 1.17. The van der Waals surface area contributed by atoms with Crippen LogP contribution in [0.2, 0.25) is 0 Å². The molecule has 0 atom stereocenters. The molecule has 0 amide bonds. The second kappa shape index (κ2) is 4.46. The van der Waals surface area contributed by atoms with E-state index in [0.29, 0.717) is 0 Å². The average Bonchev–Trinajstić information content (AvgIpc) is 2.39. The van der Waals surface area contributed by atoms with E-state index in [9.17, 15) is 0 Å². The Labute approximate surface area is 106 Å². The van der Waals surface area contributed by atoms with E-state index in [1.807, 2.05) is 18.2 Å². The van der Waals surface area contributed by atoms with Crippen molar-refractivity contribution in [2.75, 3.05) is 36.9 Å². The van der Waals surface area contributed by atoms with Crippen molar-refractivity contribution in [3.8, 4) is 0 Å². The summed E-state index contributed by atoms with van der Waals surface area (Å²) in [6, 6.07) is 8.04. The van der Waals surface area contributed by atoms with Crippen LogP contribution in [0.3, 0.4) is 0 Å². The number of nitrogens with zero attached hydrogens (tertiary/aromatic N) is 2. The molecule has 1 saturated heterocycles. The van der Waals surface area contributed by atoms with Gasteiger partial charge >= 0.3 is 0 Å². The van der Waals surface area contributed by atoms with E-state index in [1.165, 1.54) is 10.9 Å². The lowest BCUT2D eigenvalue weighted by Crippen LogP contribution is -2.36. The highest BCUT2D eigenvalue weighted by atomic mass is 16.5. The fourth-order valence-corrected chi connectivity index (χ4v) is 2.36. The van der Waals surface area contributed by atoms with Gasteiger partial charge in [0, 0.05) is 24.2 Å². The monoisotopic (exact) mass is 243 g/mol. The van der Waals surface area contributed by atoms with Crippen LogP contribution >= 0.6 is 0 Å². The Morgan fingerprint density at radius 1 is 1.22 bits per heavy atom. The normalized spacial score (nSPS) is 16.2. The first-order chi connectivity index (χ1) is 8.74. The number of hydrogen-bond donors (Lipinski definition) is 1. The van der Waals surface area contributed by atoms with Crippen molar-refractivity contribution < 1.29 is 4.74 Å². The molecule has 2 N–H and O–H groups in total. The molecular formula is C14H17N3O. The standard InChI is InChI=1S/C14H17N3O/c1-10-8-14(17-4-6-18-7-5-17)16-13-9-11(15)2-3-12(10)13/h2-3,8-9H,4-7,15H2,1H3. The number of rotatable bonds is 1. The predicted octanol–water partition coefficient (Wildman–Crippen LogP) is 1.96. The molecule has 18 heavy (non-hydrogen) atoms. The van der Waals surface area contributed by atoms with Crippen LogP contribution in [0.1, 0.15) is 5.56 Å². The third-order valence-corrected chi connectivity index (χ3v) is 3.36. The summed E-state index contributed by atoms with van der Waals surface area (Å²) < 4.78 is 5.37. The molecule has 0 saturated carbocycles. The highest BCUT2D eigenvalue weighted by molar-refractivity contribution is 5.86. The summed E-state index contributed by atoms with van der Waals surface area (Å²) in [7, 11) is 0. The number of morpholine rings is 1. The summed E-state index contributed by atoms with van der Waals surface area (Å²) in [4.78, 5) is 6.97. The van der Waals surface area contributed by atoms with Crippen LogP contribution in [0.25, 0.3) is 10.9 Å². The van der Waals surface area contributed by atoms with Crippen molar-refractivity contribution in [2.24, 2.45) is 0 Å². The zero-order valence-electron chi connectivity index (χ0n) is 10.5. The van der Waals surface area contributed by atoms with Crippen LogP contribution in [0.15, 0.2) is 24.3 Å². The number of nitrogens with two attached hydrogens (primary N) is 1. The highest BCUT2D eigenvalue weighted by Crippen LogP contribution is 2.24. The van der Waals surface area contributed by atoms with Crippen LogP contribution in [0.4, 0.5) is 11.5 Å². The first-order valence-corrected chi connectivity index (χ1v) is 6.23. The molecule has 4 nitrogen and oxygen atoms in total. The summed E-state index contributed by atoms with van der Waals surface area (Å²) in [5.41, 5.74) is 8.79. The molecule has 0 aliphatic carbocycles. The second-order valence-electron chi connectivity index (χ2n) is 4.67. The topological polar surface area (TPSA) is 51.4 Å². The SMILES string of the molecule is Cc1cc(N2CCOCC2)nc2cc(N)ccc12. The third kappa shape index (κ3) is 1.99. The summed E-state index contributed by atoms with van der Waals surface area (Å²) in [6.07, 6.45) is 0. The number of nitrogen functional groups attached to an aromatic ring is 1. The molecule has 1 aromatic heterocycles. The van der Waals surface area contributed by atoms with Crippen molar-refractivity contribution >= 4 is 22.4 Å². The van der Waals surface area contributed by atoms with Crippen molar-refractivity contribution in [1.82, 2.24) is 4.98 Å². The van der Waals surface area contributed by atoms with Crippen LogP contribution in [0, 0.1) is 6.92 Å². The first kappa shape index (κ1) is 11.3. The Morgan fingerprint density at radius 2 is 2.00 bits per heavy atom. The molecule has 2 aromatic rings. The molecule has 0 unspecified atom stereocenters.